The zero-order chi connectivity index (χ0) is 20.0. The summed E-state index contributed by atoms with van der Waals surface area (Å²) in [4.78, 5) is 18.1. The Labute approximate surface area is 176 Å². The molecule has 0 amide bonds. The van der Waals surface area contributed by atoms with Gasteiger partial charge in [-0.15, -0.1) is 0 Å². The minimum absolute atomic E-state index is 0.0829. The van der Waals surface area contributed by atoms with Crippen molar-refractivity contribution in [2.75, 3.05) is 39.3 Å². The molecule has 3 heterocycles. The number of quaternary nitrogens is 1. The van der Waals surface area contributed by atoms with Crippen molar-refractivity contribution < 1.29 is 14.8 Å². The van der Waals surface area contributed by atoms with Gasteiger partial charge >= 0.3 is 5.97 Å². The minimum Gasteiger partial charge on any atom is -0.462 e. The molecule has 5 nitrogen and oxygen atoms in total. The first-order valence-corrected chi connectivity index (χ1v) is 12.2. The van der Waals surface area contributed by atoms with Crippen molar-refractivity contribution in [3.63, 3.8) is 0 Å². The van der Waals surface area contributed by atoms with Crippen molar-refractivity contribution in [3.8, 4) is 0 Å². The number of hydrogen-bond acceptors (Lipinski definition) is 4. The summed E-state index contributed by atoms with van der Waals surface area (Å²) in [6, 6.07) is 0. The zero-order valence-electron chi connectivity index (χ0n) is 18.5. The fourth-order valence-electron chi connectivity index (χ4n) is 7.13. The highest BCUT2D eigenvalue weighted by molar-refractivity contribution is 5.76. The maximum atomic E-state index is 12.8. The molecule has 3 saturated heterocycles. The average Bonchev–Trinajstić information content (AvgIpc) is 3.01. The summed E-state index contributed by atoms with van der Waals surface area (Å²) in [7, 11) is 0. The molecule has 0 radical (unpaired) electrons. The van der Waals surface area contributed by atoms with Gasteiger partial charge in [-0.05, 0) is 57.3 Å². The second-order valence-corrected chi connectivity index (χ2v) is 10.8. The molecule has 5 aliphatic rings. The lowest BCUT2D eigenvalue weighted by Gasteiger charge is -2.46. The Bertz CT molecular complexity index is 663. The standard InChI is InChI=1S/C24H39N3O2/c1-17-6-5-8-24(2)15-21-18(14-20(17)24)19(23(28)29-21)16-26-10-12-27(13-11-26)22-7-3-4-9-25-22/h18-19,21-22,25H,3-16H2,1-2H3/p+1/t18-,19+,21+,22?,24+/m0/s1. The van der Waals surface area contributed by atoms with Crippen LogP contribution in [0.15, 0.2) is 11.1 Å². The molecule has 1 unspecified atom stereocenters. The molecule has 5 atom stereocenters. The van der Waals surface area contributed by atoms with Crippen molar-refractivity contribution in [1.29, 1.82) is 0 Å². The largest absolute Gasteiger partial charge is 0.462 e. The molecule has 29 heavy (non-hydrogen) atoms. The van der Waals surface area contributed by atoms with E-state index < -0.39 is 0 Å². The number of carbonyl (C=O) groups is 1. The molecule has 3 aliphatic heterocycles. The van der Waals surface area contributed by atoms with E-state index >= 15 is 0 Å². The molecule has 2 aliphatic carbocycles. The Hall–Kier alpha value is -0.910. The number of nitrogens with two attached hydrogens (primary N) is 1. The number of piperazine rings is 1. The molecule has 2 N–H and O–H groups in total. The molecule has 162 valence electrons. The molecule has 0 spiro atoms. The highest BCUT2D eigenvalue weighted by atomic mass is 16.6. The summed E-state index contributed by atoms with van der Waals surface area (Å²) in [5.41, 5.74) is 3.56. The lowest BCUT2D eigenvalue weighted by molar-refractivity contribution is -0.717. The third-order valence-corrected chi connectivity index (χ3v) is 8.90. The van der Waals surface area contributed by atoms with Gasteiger partial charge in [-0.1, -0.05) is 18.1 Å². The summed E-state index contributed by atoms with van der Waals surface area (Å²) in [5.74, 6) is 0.575. The van der Waals surface area contributed by atoms with E-state index in [4.69, 9.17) is 4.74 Å². The Morgan fingerprint density at radius 3 is 2.76 bits per heavy atom. The SMILES string of the molecule is CC1=C2C[C@@H]3[C@@H](C[C@@]2(C)CCC1)OC(=O)[C@@H]3CN1CCN(C2CCCC[NH2+]2)CC1. The molecular weight excluding hydrogens is 362 g/mol. The fourth-order valence-corrected chi connectivity index (χ4v) is 7.13. The Morgan fingerprint density at radius 1 is 1.17 bits per heavy atom. The number of fused-ring (bicyclic) bond motifs is 2. The van der Waals surface area contributed by atoms with Crippen LogP contribution >= 0.6 is 0 Å². The van der Waals surface area contributed by atoms with E-state index in [0.29, 0.717) is 12.1 Å². The second-order valence-electron chi connectivity index (χ2n) is 10.8. The van der Waals surface area contributed by atoms with E-state index in [1.54, 1.807) is 11.1 Å². The number of nitrogens with zero attached hydrogens (tertiary/aromatic N) is 2. The molecule has 0 aromatic heterocycles. The van der Waals surface area contributed by atoms with Gasteiger partial charge in [0.2, 0.25) is 0 Å². The number of carbonyl (C=O) groups excluding carboxylic acids is 1. The molecule has 4 fully saturated rings. The number of hydrogen-bond donors (Lipinski definition) is 1. The lowest BCUT2D eigenvalue weighted by atomic mass is 9.59. The minimum atomic E-state index is 0.0829. The van der Waals surface area contributed by atoms with Gasteiger partial charge in [-0.25, -0.2) is 0 Å². The molecule has 1 saturated carbocycles. The smallest absolute Gasteiger partial charge is 0.310 e. The van der Waals surface area contributed by atoms with Crippen molar-refractivity contribution in [3.05, 3.63) is 11.1 Å². The first kappa shape index (κ1) is 20.0. The normalized spacial score (nSPS) is 41.8. The molecule has 0 aromatic rings. The zero-order valence-corrected chi connectivity index (χ0v) is 18.5. The van der Waals surface area contributed by atoms with Crippen LogP contribution in [0.4, 0.5) is 0 Å². The van der Waals surface area contributed by atoms with Crippen LogP contribution in [0.3, 0.4) is 0 Å². The van der Waals surface area contributed by atoms with Crippen molar-refractivity contribution in [2.45, 2.75) is 77.5 Å². The topological polar surface area (TPSA) is 49.4 Å². The Balaban J connectivity index is 1.21. The van der Waals surface area contributed by atoms with Gasteiger partial charge in [-0.3, -0.25) is 14.6 Å². The Morgan fingerprint density at radius 2 is 2.00 bits per heavy atom. The van der Waals surface area contributed by atoms with E-state index in [0.717, 1.165) is 45.6 Å². The average molecular weight is 403 g/mol. The van der Waals surface area contributed by atoms with E-state index in [1.807, 2.05) is 0 Å². The second kappa shape index (κ2) is 7.97. The van der Waals surface area contributed by atoms with Gasteiger partial charge in [-0.2, -0.15) is 0 Å². The molecule has 0 aromatic carbocycles. The van der Waals surface area contributed by atoms with Gasteiger partial charge in [0.25, 0.3) is 0 Å². The first-order chi connectivity index (χ1) is 14.0. The predicted molar refractivity (Wildman–Crippen MR) is 113 cm³/mol. The highest BCUT2D eigenvalue weighted by Crippen LogP contribution is 2.55. The number of esters is 1. The van der Waals surface area contributed by atoms with Crippen LogP contribution in [0.2, 0.25) is 0 Å². The number of allylic oxidation sites excluding steroid dienone is 2. The summed E-state index contributed by atoms with van der Waals surface area (Å²) < 4.78 is 5.98. The van der Waals surface area contributed by atoms with Crippen molar-refractivity contribution >= 4 is 5.97 Å². The van der Waals surface area contributed by atoms with Crippen LogP contribution in [-0.4, -0.2) is 67.3 Å². The van der Waals surface area contributed by atoms with E-state index in [-0.39, 0.29) is 23.4 Å². The third kappa shape index (κ3) is 3.79. The van der Waals surface area contributed by atoms with Crippen LogP contribution in [-0.2, 0) is 9.53 Å². The van der Waals surface area contributed by atoms with E-state index in [2.05, 4.69) is 29.0 Å². The van der Waals surface area contributed by atoms with Crippen LogP contribution in [0.5, 0.6) is 0 Å². The molecule has 5 heteroatoms. The number of ether oxygens (including phenoxy) is 1. The summed E-state index contributed by atoms with van der Waals surface area (Å²) >= 11 is 0. The summed E-state index contributed by atoms with van der Waals surface area (Å²) in [5, 5.41) is 2.54. The maximum Gasteiger partial charge on any atom is 0.310 e. The summed E-state index contributed by atoms with van der Waals surface area (Å²) in [6.07, 6.45) is 10.9. The van der Waals surface area contributed by atoms with E-state index in [9.17, 15) is 4.79 Å². The number of rotatable bonds is 3. The van der Waals surface area contributed by atoms with Crippen LogP contribution in [0.25, 0.3) is 0 Å². The maximum absolute atomic E-state index is 12.8. The van der Waals surface area contributed by atoms with Gasteiger partial charge in [0.05, 0.1) is 12.5 Å². The van der Waals surface area contributed by atoms with Gasteiger partial charge in [0.1, 0.15) is 12.3 Å². The summed E-state index contributed by atoms with van der Waals surface area (Å²) in [6.45, 7) is 11.5. The van der Waals surface area contributed by atoms with Crippen molar-refractivity contribution in [1.82, 2.24) is 9.80 Å². The van der Waals surface area contributed by atoms with Crippen LogP contribution in [0, 0.1) is 17.3 Å². The number of piperidine rings is 1. The fraction of sp³-hybridized carbons (Fsp3) is 0.875. The first-order valence-electron chi connectivity index (χ1n) is 12.2. The predicted octanol–water partition coefficient (Wildman–Crippen LogP) is 2.14. The van der Waals surface area contributed by atoms with Crippen LogP contribution < -0.4 is 5.32 Å². The lowest BCUT2D eigenvalue weighted by Crippen LogP contribution is -2.95. The highest BCUT2D eigenvalue weighted by Gasteiger charge is 2.53. The van der Waals surface area contributed by atoms with Crippen LogP contribution in [0.1, 0.15) is 65.2 Å². The van der Waals surface area contributed by atoms with Crippen molar-refractivity contribution in [2.24, 2.45) is 17.3 Å². The van der Waals surface area contributed by atoms with Gasteiger partial charge in [0.15, 0.2) is 0 Å². The Kier molecular flexibility index (Phi) is 5.50. The van der Waals surface area contributed by atoms with Gasteiger partial charge < -0.3 is 10.1 Å². The molecule has 5 rings (SSSR count). The van der Waals surface area contributed by atoms with Gasteiger partial charge in [0, 0.05) is 45.1 Å². The molecule has 0 bridgehead atoms. The monoisotopic (exact) mass is 402 g/mol. The van der Waals surface area contributed by atoms with E-state index in [1.165, 1.54) is 45.1 Å². The quantitative estimate of drug-likeness (QED) is 0.580. The third-order valence-electron chi connectivity index (χ3n) is 8.90. The molecular formula is C24H40N3O2+.